The maximum atomic E-state index is 12.2. The Hall–Kier alpha value is -3.22. The van der Waals surface area contributed by atoms with Crippen LogP contribution in [0.1, 0.15) is 23.4 Å². The third-order valence-electron chi connectivity index (χ3n) is 4.18. The number of nitrogens with one attached hydrogen (secondary N) is 1. The van der Waals surface area contributed by atoms with Crippen molar-refractivity contribution in [2.75, 3.05) is 6.54 Å². The number of aromatic nitrogens is 4. The highest BCUT2D eigenvalue weighted by Crippen LogP contribution is 2.07. The van der Waals surface area contributed by atoms with Gasteiger partial charge in [0.25, 0.3) is 5.56 Å². The third-order valence-corrected chi connectivity index (χ3v) is 4.18. The van der Waals surface area contributed by atoms with E-state index in [9.17, 15) is 9.59 Å². The van der Waals surface area contributed by atoms with Crippen LogP contribution in [0.15, 0.2) is 53.3 Å². The summed E-state index contributed by atoms with van der Waals surface area (Å²) in [4.78, 5) is 24.2. The predicted molar refractivity (Wildman–Crippen MR) is 103 cm³/mol. The molecule has 0 radical (unpaired) electrons. The topological polar surface area (TPSA) is 81.8 Å². The average molecular weight is 365 g/mol. The lowest BCUT2D eigenvalue weighted by Crippen LogP contribution is -2.34. The van der Waals surface area contributed by atoms with E-state index in [0.717, 1.165) is 28.9 Å². The molecule has 0 spiro atoms. The molecule has 0 bridgehead atoms. The zero-order valence-corrected chi connectivity index (χ0v) is 15.6. The molecular weight excluding hydrogens is 342 g/mol. The molecule has 2 heterocycles. The molecular formula is C20H23N5O2. The van der Waals surface area contributed by atoms with Crippen LogP contribution >= 0.6 is 0 Å². The Labute approximate surface area is 157 Å². The van der Waals surface area contributed by atoms with Gasteiger partial charge in [0.1, 0.15) is 6.54 Å². The summed E-state index contributed by atoms with van der Waals surface area (Å²) >= 11 is 0. The van der Waals surface area contributed by atoms with Crippen molar-refractivity contribution in [3.05, 3.63) is 75.8 Å². The fourth-order valence-electron chi connectivity index (χ4n) is 2.88. The summed E-state index contributed by atoms with van der Waals surface area (Å²) in [5.74, 6) is 0.278. The number of aryl methyl sites for hydroxylation is 3. The van der Waals surface area contributed by atoms with Crippen LogP contribution in [0.3, 0.4) is 0 Å². The number of carbonyl (C=O) groups is 1. The molecule has 140 valence electrons. The Morgan fingerprint density at radius 1 is 1.07 bits per heavy atom. The van der Waals surface area contributed by atoms with Crippen molar-refractivity contribution in [3.63, 3.8) is 0 Å². The minimum absolute atomic E-state index is 0.114. The normalized spacial score (nSPS) is 10.7. The number of amides is 1. The van der Waals surface area contributed by atoms with Gasteiger partial charge in [-0.15, -0.1) is 5.10 Å². The first kappa shape index (κ1) is 18.6. The summed E-state index contributed by atoms with van der Waals surface area (Å²) in [5.41, 5.74) is 2.70. The second-order valence-electron chi connectivity index (χ2n) is 6.47. The molecule has 0 aliphatic heterocycles. The molecule has 0 fully saturated rings. The first-order valence-corrected chi connectivity index (χ1v) is 8.95. The fourth-order valence-corrected chi connectivity index (χ4v) is 2.88. The van der Waals surface area contributed by atoms with E-state index >= 15 is 0 Å². The lowest BCUT2D eigenvalue weighted by Gasteiger charge is -2.09. The largest absolute Gasteiger partial charge is 0.354 e. The molecule has 0 saturated carbocycles. The zero-order valence-electron chi connectivity index (χ0n) is 15.6. The average Bonchev–Trinajstić information content (AvgIpc) is 3.00. The smallest absolute Gasteiger partial charge is 0.267 e. The number of nitrogens with zero attached hydrogens (tertiary/aromatic N) is 4. The van der Waals surface area contributed by atoms with Crippen molar-refractivity contribution in [2.24, 2.45) is 0 Å². The number of hydrogen-bond donors (Lipinski definition) is 1. The number of carbonyl (C=O) groups excluding carboxylic acids is 1. The van der Waals surface area contributed by atoms with E-state index in [1.165, 1.54) is 11.6 Å². The molecule has 7 nitrogen and oxygen atoms in total. The van der Waals surface area contributed by atoms with Crippen LogP contribution in [-0.2, 0) is 17.8 Å². The van der Waals surface area contributed by atoms with Gasteiger partial charge < -0.3 is 5.32 Å². The van der Waals surface area contributed by atoms with E-state index in [1.54, 1.807) is 10.7 Å². The molecule has 3 aromatic rings. The summed E-state index contributed by atoms with van der Waals surface area (Å²) in [6, 6.07) is 15.1. The van der Waals surface area contributed by atoms with Crippen molar-refractivity contribution in [2.45, 2.75) is 33.2 Å². The van der Waals surface area contributed by atoms with Crippen molar-refractivity contribution in [3.8, 4) is 5.82 Å². The third kappa shape index (κ3) is 4.91. The molecule has 1 amide bonds. The van der Waals surface area contributed by atoms with Gasteiger partial charge in [0.2, 0.25) is 5.91 Å². The quantitative estimate of drug-likeness (QED) is 0.647. The van der Waals surface area contributed by atoms with Gasteiger partial charge in [-0.25, -0.2) is 9.36 Å². The molecule has 7 heteroatoms. The fraction of sp³-hybridized carbons (Fsp3) is 0.300. The SMILES string of the molecule is Cc1cc(C)n(-c2ccc(=O)n(CC(=O)NCCCc3ccccc3)n2)n1. The van der Waals surface area contributed by atoms with Gasteiger partial charge in [-0.1, -0.05) is 30.3 Å². The highest BCUT2D eigenvalue weighted by Gasteiger charge is 2.10. The van der Waals surface area contributed by atoms with Gasteiger partial charge in [0.05, 0.1) is 5.69 Å². The summed E-state index contributed by atoms with van der Waals surface area (Å²) < 4.78 is 2.82. The standard InChI is InChI=1S/C20H23N5O2/c1-15-13-16(2)25(22-15)18-10-11-20(27)24(23-18)14-19(26)21-12-6-9-17-7-4-3-5-8-17/h3-5,7-8,10-11,13H,6,9,12,14H2,1-2H3,(H,21,26). The van der Waals surface area contributed by atoms with E-state index in [1.807, 2.05) is 38.1 Å². The minimum atomic E-state index is -0.320. The Morgan fingerprint density at radius 2 is 1.85 bits per heavy atom. The maximum Gasteiger partial charge on any atom is 0.267 e. The molecule has 1 N–H and O–H groups in total. The Morgan fingerprint density at radius 3 is 2.56 bits per heavy atom. The second-order valence-corrected chi connectivity index (χ2v) is 6.47. The number of rotatable bonds is 7. The van der Waals surface area contributed by atoms with Gasteiger partial charge >= 0.3 is 0 Å². The van der Waals surface area contributed by atoms with Crippen LogP contribution in [-0.4, -0.2) is 32.0 Å². The minimum Gasteiger partial charge on any atom is -0.354 e. The lowest BCUT2D eigenvalue weighted by molar-refractivity contribution is -0.121. The molecule has 2 aromatic heterocycles. The van der Waals surface area contributed by atoms with Gasteiger partial charge in [-0.05, 0) is 44.4 Å². The molecule has 0 aliphatic carbocycles. The van der Waals surface area contributed by atoms with Gasteiger partial charge in [-0.3, -0.25) is 9.59 Å². The summed E-state index contributed by atoms with van der Waals surface area (Å²) in [6.07, 6.45) is 1.73. The van der Waals surface area contributed by atoms with Gasteiger partial charge in [0.15, 0.2) is 5.82 Å². The van der Waals surface area contributed by atoms with E-state index < -0.39 is 0 Å². The highest BCUT2D eigenvalue weighted by atomic mass is 16.2. The monoisotopic (exact) mass is 365 g/mol. The summed E-state index contributed by atoms with van der Waals surface area (Å²) in [5, 5.41) is 11.5. The van der Waals surface area contributed by atoms with E-state index in [0.29, 0.717) is 12.4 Å². The van der Waals surface area contributed by atoms with Crippen LogP contribution in [0.2, 0.25) is 0 Å². The van der Waals surface area contributed by atoms with Crippen molar-refractivity contribution < 1.29 is 4.79 Å². The molecule has 0 saturated heterocycles. The van der Waals surface area contributed by atoms with Crippen LogP contribution in [0.4, 0.5) is 0 Å². The molecule has 0 aliphatic rings. The van der Waals surface area contributed by atoms with Crippen LogP contribution in [0.5, 0.6) is 0 Å². The van der Waals surface area contributed by atoms with E-state index in [4.69, 9.17) is 0 Å². The lowest BCUT2D eigenvalue weighted by atomic mass is 10.1. The van der Waals surface area contributed by atoms with Crippen molar-refractivity contribution in [1.29, 1.82) is 0 Å². The van der Waals surface area contributed by atoms with Gasteiger partial charge in [0, 0.05) is 18.3 Å². The molecule has 0 unspecified atom stereocenters. The Bertz CT molecular complexity index is 976. The van der Waals surface area contributed by atoms with Crippen LogP contribution in [0, 0.1) is 13.8 Å². The Kier molecular flexibility index (Phi) is 5.80. The molecule has 27 heavy (non-hydrogen) atoms. The highest BCUT2D eigenvalue weighted by molar-refractivity contribution is 5.75. The van der Waals surface area contributed by atoms with Crippen molar-refractivity contribution in [1.82, 2.24) is 24.9 Å². The zero-order chi connectivity index (χ0) is 19.2. The number of hydrogen-bond acceptors (Lipinski definition) is 4. The summed E-state index contributed by atoms with van der Waals surface area (Å²) in [6.45, 7) is 4.25. The van der Waals surface area contributed by atoms with Gasteiger partial charge in [-0.2, -0.15) is 5.10 Å². The predicted octanol–water partition coefficient (Wildman–Crippen LogP) is 1.79. The molecule has 3 rings (SSSR count). The Balaban J connectivity index is 1.58. The van der Waals surface area contributed by atoms with Crippen molar-refractivity contribution >= 4 is 5.91 Å². The van der Waals surface area contributed by atoms with E-state index in [-0.39, 0.29) is 18.0 Å². The maximum absolute atomic E-state index is 12.2. The summed E-state index contributed by atoms with van der Waals surface area (Å²) in [7, 11) is 0. The molecule has 1 aromatic carbocycles. The molecule has 0 atom stereocenters. The van der Waals surface area contributed by atoms with Crippen LogP contribution in [0.25, 0.3) is 5.82 Å². The second kappa shape index (κ2) is 8.44. The first-order chi connectivity index (χ1) is 13.0. The van der Waals surface area contributed by atoms with Crippen LogP contribution < -0.4 is 10.9 Å². The van der Waals surface area contributed by atoms with E-state index in [2.05, 4.69) is 27.6 Å². The number of benzene rings is 1. The first-order valence-electron chi connectivity index (χ1n) is 8.95.